The van der Waals surface area contributed by atoms with Gasteiger partial charge in [0.2, 0.25) is 0 Å². The van der Waals surface area contributed by atoms with Gasteiger partial charge >= 0.3 is 0 Å². The number of H-pyrrole nitrogens is 1. The zero-order chi connectivity index (χ0) is 17.4. The van der Waals surface area contributed by atoms with Gasteiger partial charge in [-0.2, -0.15) is 0 Å². The molecule has 4 aromatic rings. The van der Waals surface area contributed by atoms with Crippen LogP contribution >= 0.6 is 0 Å². The first-order valence-electron chi connectivity index (χ1n) is 8.67. The summed E-state index contributed by atoms with van der Waals surface area (Å²) in [6, 6.07) is 25.6. The average Bonchev–Trinajstić information content (AvgIpc) is 3.05. The molecule has 1 N–H and O–H groups in total. The number of imidazole rings is 1. The minimum Gasteiger partial charge on any atom is -0.338 e. The topological polar surface area (TPSA) is 28.7 Å². The molecule has 0 aliphatic carbocycles. The van der Waals surface area contributed by atoms with E-state index in [1.165, 1.54) is 16.7 Å². The molecule has 0 atom stereocenters. The van der Waals surface area contributed by atoms with E-state index in [0.29, 0.717) is 0 Å². The van der Waals surface area contributed by atoms with Crippen molar-refractivity contribution in [1.29, 1.82) is 0 Å². The molecule has 3 aromatic carbocycles. The normalized spacial score (nSPS) is 11.8. The Labute approximate surface area is 148 Å². The Bertz CT molecular complexity index is 968. The molecule has 1 heterocycles. The van der Waals surface area contributed by atoms with Gasteiger partial charge in [0.05, 0.1) is 11.0 Å². The maximum Gasteiger partial charge on any atom is 0.138 e. The highest BCUT2D eigenvalue weighted by atomic mass is 14.9. The van der Waals surface area contributed by atoms with Gasteiger partial charge in [-0.05, 0) is 34.2 Å². The molecule has 0 bridgehead atoms. The zero-order valence-electron chi connectivity index (χ0n) is 14.9. The number of para-hydroxylation sites is 2. The number of hydrogen-bond donors (Lipinski definition) is 1. The third-order valence-corrected chi connectivity index (χ3v) is 4.63. The summed E-state index contributed by atoms with van der Waals surface area (Å²) in [6.07, 6.45) is 0. The van der Waals surface area contributed by atoms with Gasteiger partial charge in [0.15, 0.2) is 0 Å². The average molecular weight is 326 g/mol. The summed E-state index contributed by atoms with van der Waals surface area (Å²) < 4.78 is 0. The Morgan fingerprint density at radius 2 is 1.24 bits per heavy atom. The number of rotatable bonds is 2. The van der Waals surface area contributed by atoms with E-state index in [2.05, 4.69) is 85.3 Å². The van der Waals surface area contributed by atoms with Crippen LogP contribution in [0.25, 0.3) is 33.5 Å². The standard InChI is InChI=1S/C23H22N2/c1-23(2,3)19-14-12-17(13-15-19)16-8-10-18(11-9-16)22-24-20-6-4-5-7-21(20)25-22/h4-15H,1-3H3,(H,24,25). The van der Waals surface area contributed by atoms with Crippen LogP contribution < -0.4 is 0 Å². The molecule has 0 saturated carbocycles. The predicted molar refractivity (Wildman–Crippen MR) is 106 cm³/mol. The van der Waals surface area contributed by atoms with E-state index in [1.54, 1.807) is 0 Å². The van der Waals surface area contributed by atoms with Crippen LogP contribution in [0.15, 0.2) is 72.8 Å². The van der Waals surface area contributed by atoms with Gasteiger partial charge in [0.25, 0.3) is 0 Å². The summed E-state index contributed by atoms with van der Waals surface area (Å²) in [7, 11) is 0. The van der Waals surface area contributed by atoms with Gasteiger partial charge in [0.1, 0.15) is 5.82 Å². The number of aromatic amines is 1. The number of fused-ring (bicyclic) bond motifs is 1. The third-order valence-electron chi connectivity index (χ3n) is 4.63. The highest BCUT2D eigenvalue weighted by Gasteiger charge is 2.13. The van der Waals surface area contributed by atoms with Crippen LogP contribution in [0.2, 0.25) is 0 Å². The molecular formula is C23H22N2. The predicted octanol–water partition coefficient (Wildman–Crippen LogP) is 6.19. The Morgan fingerprint density at radius 1 is 0.680 bits per heavy atom. The maximum atomic E-state index is 4.67. The van der Waals surface area contributed by atoms with Crippen molar-refractivity contribution in [2.24, 2.45) is 0 Å². The second-order valence-corrected chi connectivity index (χ2v) is 7.51. The van der Waals surface area contributed by atoms with Crippen molar-refractivity contribution < 1.29 is 0 Å². The Kier molecular flexibility index (Phi) is 3.69. The largest absolute Gasteiger partial charge is 0.338 e. The van der Waals surface area contributed by atoms with Crippen LogP contribution in [-0.2, 0) is 5.41 Å². The van der Waals surface area contributed by atoms with Crippen molar-refractivity contribution in [2.75, 3.05) is 0 Å². The number of nitrogens with zero attached hydrogens (tertiary/aromatic N) is 1. The molecule has 1 aromatic heterocycles. The minimum atomic E-state index is 0.184. The molecule has 0 amide bonds. The molecule has 124 valence electrons. The molecule has 0 unspecified atom stereocenters. The minimum absolute atomic E-state index is 0.184. The van der Waals surface area contributed by atoms with Crippen LogP contribution in [0, 0.1) is 0 Å². The Morgan fingerprint density at radius 3 is 1.84 bits per heavy atom. The summed E-state index contributed by atoms with van der Waals surface area (Å²) in [5.74, 6) is 0.913. The lowest BCUT2D eigenvalue weighted by Gasteiger charge is -2.19. The Balaban J connectivity index is 1.63. The van der Waals surface area contributed by atoms with E-state index in [9.17, 15) is 0 Å². The van der Waals surface area contributed by atoms with E-state index in [1.807, 2.05) is 18.2 Å². The SMILES string of the molecule is CC(C)(C)c1ccc(-c2ccc(-c3nc4ccccc4[nH]3)cc2)cc1. The molecule has 4 rings (SSSR count). The van der Waals surface area contributed by atoms with E-state index < -0.39 is 0 Å². The van der Waals surface area contributed by atoms with Crippen molar-refractivity contribution in [2.45, 2.75) is 26.2 Å². The van der Waals surface area contributed by atoms with E-state index in [-0.39, 0.29) is 5.41 Å². The van der Waals surface area contributed by atoms with Gasteiger partial charge in [0, 0.05) is 5.56 Å². The molecule has 0 aliphatic heterocycles. The van der Waals surface area contributed by atoms with Crippen molar-refractivity contribution in [1.82, 2.24) is 9.97 Å². The molecule has 0 saturated heterocycles. The molecular weight excluding hydrogens is 304 g/mol. The molecule has 0 fully saturated rings. The van der Waals surface area contributed by atoms with Crippen molar-refractivity contribution >= 4 is 11.0 Å². The molecule has 0 radical (unpaired) electrons. The van der Waals surface area contributed by atoms with Gasteiger partial charge in [-0.3, -0.25) is 0 Å². The lowest BCUT2D eigenvalue weighted by atomic mass is 9.86. The summed E-state index contributed by atoms with van der Waals surface area (Å²) in [5, 5.41) is 0. The van der Waals surface area contributed by atoms with Crippen molar-refractivity contribution in [3.8, 4) is 22.5 Å². The zero-order valence-corrected chi connectivity index (χ0v) is 14.9. The molecule has 2 nitrogen and oxygen atoms in total. The van der Waals surface area contributed by atoms with Gasteiger partial charge in [-0.1, -0.05) is 81.4 Å². The van der Waals surface area contributed by atoms with E-state index in [0.717, 1.165) is 22.4 Å². The summed E-state index contributed by atoms with van der Waals surface area (Å²) in [5.41, 5.74) is 7.17. The number of benzene rings is 3. The van der Waals surface area contributed by atoms with Crippen molar-refractivity contribution in [3.05, 3.63) is 78.4 Å². The van der Waals surface area contributed by atoms with Gasteiger partial charge in [-0.25, -0.2) is 4.98 Å². The molecule has 0 spiro atoms. The Hall–Kier alpha value is -2.87. The van der Waals surface area contributed by atoms with Gasteiger partial charge in [-0.15, -0.1) is 0 Å². The molecule has 0 aliphatic rings. The van der Waals surface area contributed by atoms with E-state index >= 15 is 0 Å². The maximum absolute atomic E-state index is 4.67. The smallest absolute Gasteiger partial charge is 0.138 e. The van der Waals surface area contributed by atoms with Crippen LogP contribution in [0.5, 0.6) is 0 Å². The second-order valence-electron chi connectivity index (χ2n) is 7.51. The number of aromatic nitrogens is 2. The second kappa shape index (κ2) is 5.89. The number of nitrogens with one attached hydrogen (secondary N) is 1. The quantitative estimate of drug-likeness (QED) is 0.467. The highest BCUT2D eigenvalue weighted by molar-refractivity contribution is 5.79. The summed E-state index contributed by atoms with van der Waals surface area (Å²) >= 11 is 0. The summed E-state index contributed by atoms with van der Waals surface area (Å²) in [6.45, 7) is 6.72. The lowest BCUT2D eigenvalue weighted by Crippen LogP contribution is -2.10. The molecule has 25 heavy (non-hydrogen) atoms. The number of hydrogen-bond acceptors (Lipinski definition) is 1. The lowest BCUT2D eigenvalue weighted by molar-refractivity contribution is 0.590. The van der Waals surface area contributed by atoms with Crippen molar-refractivity contribution in [3.63, 3.8) is 0 Å². The van der Waals surface area contributed by atoms with Crippen LogP contribution in [0.1, 0.15) is 26.3 Å². The first kappa shape index (κ1) is 15.6. The summed E-state index contributed by atoms with van der Waals surface area (Å²) in [4.78, 5) is 8.05. The van der Waals surface area contributed by atoms with Crippen LogP contribution in [0.3, 0.4) is 0 Å². The third kappa shape index (κ3) is 3.08. The van der Waals surface area contributed by atoms with Crippen LogP contribution in [-0.4, -0.2) is 9.97 Å². The van der Waals surface area contributed by atoms with Gasteiger partial charge < -0.3 is 4.98 Å². The van der Waals surface area contributed by atoms with E-state index in [4.69, 9.17) is 0 Å². The molecule has 2 heteroatoms. The van der Waals surface area contributed by atoms with Crippen LogP contribution in [0.4, 0.5) is 0 Å². The monoisotopic (exact) mass is 326 g/mol. The fraction of sp³-hybridized carbons (Fsp3) is 0.174. The fourth-order valence-corrected chi connectivity index (χ4v) is 3.07. The first-order valence-corrected chi connectivity index (χ1v) is 8.67. The fourth-order valence-electron chi connectivity index (χ4n) is 3.07. The highest BCUT2D eigenvalue weighted by Crippen LogP contribution is 2.28. The first-order chi connectivity index (χ1) is 12.0.